The number of nitrogen functional groups attached to an aromatic ring is 2. The monoisotopic (exact) mass is 309 g/mol. The Kier molecular flexibility index (Phi) is 4.88. The number of anilines is 2. The normalized spacial score (nSPS) is 10.3. The number of esters is 1. The molecule has 0 saturated heterocycles. The van der Waals surface area contributed by atoms with Gasteiger partial charge >= 0.3 is 5.97 Å². The van der Waals surface area contributed by atoms with Crippen molar-refractivity contribution in [2.75, 3.05) is 17.2 Å². The first-order valence-corrected chi connectivity index (χ1v) is 6.82. The van der Waals surface area contributed by atoms with E-state index in [-0.39, 0.29) is 35.9 Å². The fraction of sp³-hybridized carbons (Fsp3) is 0.167. The largest absolute Gasteiger partial charge is 0.457 e. The quantitative estimate of drug-likeness (QED) is 0.621. The van der Waals surface area contributed by atoms with E-state index in [0.717, 1.165) is 11.8 Å². The molecule has 2 aromatic rings. The zero-order chi connectivity index (χ0) is 15.2. The molecular formula is C12H12FN5O2S. The van der Waals surface area contributed by atoms with Crippen molar-refractivity contribution >= 4 is 29.6 Å². The van der Waals surface area contributed by atoms with Crippen LogP contribution >= 0.6 is 11.8 Å². The second kappa shape index (κ2) is 6.84. The van der Waals surface area contributed by atoms with Gasteiger partial charge in [-0.1, -0.05) is 12.1 Å². The average Bonchev–Trinajstić information content (AvgIpc) is 2.43. The van der Waals surface area contributed by atoms with Crippen LogP contribution in [0.15, 0.2) is 29.2 Å². The molecule has 0 aliphatic carbocycles. The van der Waals surface area contributed by atoms with E-state index in [2.05, 4.69) is 15.0 Å². The molecule has 0 aliphatic heterocycles. The van der Waals surface area contributed by atoms with Crippen LogP contribution in [0.3, 0.4) is 0 Å². The Balaban J connectivity index is 1.84. The van der Waals surface area contributed by atoms with Crippen LogP contribution < -0.4 is 11.5 Å². The van der Waals surface area contributed by atoms with Gasteiger partial charge in [-0.3, -0.25) is 4.79 Å². The van der Waals surface area contributed by atoms with Gasteiger partial charge in [0.15, 0.2) is 12.4 Å². The van der Waals surface area contributed by atoms with E-state index >= 15 is 0 Å². The Morgan fingerprint density at radius 1 is 1.19 bits per heavy atom. The summed E-state index contributed by atoms with van der Waals surface area (Å²) in [4.78, 5) is 23.1. The number of aromatic nitrogens is 3. The van der Waals surface area contributed by atoms with Crippen LogP contribution in [-0.4, -0.2) is 26.7 Å². The maximum Gasteiger partial charge on any atom is 0.316 e. The Bertz CT molecular complexity index is 635. The number of halogens is 1. The summed E-state index contributed by atoms with van der Waals surface area (Å²) in [6.45, 7) is -0.173. The van der Waals surface area contributed by atoms with Crippen LogP contribution in [0, 0.1) is 5.82 Å². The fourth-order valence-corrected chi connectivity index (χ4v) is 2.14. The number of ether oxygens (including phenoxy) is 1. The zero-order valence-corrected chi connectivity index (χ0v) is 11.6. The highest BCUT2D eigenvalue weighted by molar-refractivity contribution is 8.00. The summed E-state index contributed by atoms with van der Waals surface area (Å²) in [5.41, 5.74) is 10.8. The van der Waals surface area contributed by atoms with E-state index in [1.807, 2.05) is 0 Å². The molecule has 7 nitrogen and oxygen atoms in total. The first-order valence-electron chi connectivity index (χ1n) is 5.83. The lowest BCUT2D eigenvalue weighted by atomic mass is 10.3. The topological polar surface area (TPSA) is 117 Å². The molecular weight excluding hydrogens is 297 g/mol. The van der Waals surface area contributed by atoms with Crippen LogP contribution in [0.4, 0.5) is 16.3 Å². The minimum Gasteiger partial charge on any atom is -0.457 e. The molecule has 9 heteroatoms. The van der Waals surface area contributed by atoms with Crippen LogP contribution in [0.25, 0.3) is 0 Å². The van der Waals surface area contributed by atoms with Gasteiger partial charge in [-0.25, -0.2) is 4.39 Å². The van der Waals surface area contributed by atoms with Crippen molar-refractivity contribution in [1.29, 1.82) is 0 Å². The van der Waals surface area contributed by atoms with Crippen molar-refractivity contribution in [1.82, 2.24) is 15.0 Å². The van der Waals surface area contributed by atoms with Gasteiger partial charge in [0.2, 0.25) is 11.9 Å². The first kappa shape index (κ1) is 15.0. The third-order valence-electron chi connectivity index (χ3n) is 2.26. The highest BCUT2D eigenvalue weighted by atomic mass is 32.2. The summed E-state index contributed by atoms with van der Waals surface area (Å²) in [7, 11) is 0. The average molecular weight is 309 g/mol. The number of carbonyl (C=O) groups is 1. The minimum absolute atomic E-state index is 0.0308. The van der Waals surface area contributed by atoms with Gasteiger partial charge in [-0.15, -0.1) is 11.8 Å². The molecule has 0 unspecified atom stereocenters. The van der Waals surface area contributed by atoms with Crippen LogP contribution in [-0.2, 0) is 16.1 Å². The summed E-state index contributed by atoms with van der Waals surface area (Å²) in [6, 6.07) is 6.17. The third kappa shape index (κ3) is 4.56. The van der Waals surface area contributed by atoms with E-state index in [9.17, 15) is 9.18 Å². The molecule has 21 heavy (non-hydrogen) atoms. The number of nitrogens with zero attached hydrogens (tertiary/aromatic N) is 3. The molecule has 1 heterocycles. The molecule has 110 valence electrons. The molecule has 1 aromatic heterocycles. The van der Waals surface area contributed by atoms with E-state index in [0.29, 0.717) is 4.90 Å². The molecule has 2 rings (SSSR count). The van der Waals surface area contributed by atoms with Gasteiger partial charge in [-0.05, 0) is 12.1 Å². The lowest BCUT2D eigenvalue weighted by molar-refractivity contribution is -0.141. The van der Waals surface area contributed by atoms with Crippen LogP contribution in [0.2, 0.25) is 0 Å². The maximum atomic E-state index is 13.4. The van der Waals surface area contributed by atoms with Crippen molar-refractivity contribution < 1.29 is 13.9 Å². The number of hydrogen-bond acceptors (Lipinski definition) is 8. The second-order valence-corrected chi connectivity index (χ2v) is 4.86. The molecule has 0 radical (unpaired) electrons. The number of carbonyl (C=O) groups excluding carboxylic acids is 1. The number of benzene rings is 1. The van der Waals surface area contributed by atoms with Gasteiger partial charge in [0.25, 0.3) is 0 Å². The highest BCUT2D eigenvalue weighted by Crippen LogP contribution is 2.21. The van der Waals surface area contributed by atoms with E-state index in [1.165, 1.54) is 6.07 Å². The molecule has 0 spiro atoms. The molecule has 0 amide bonds. The molecule has 1 aromatic carbocycles. The number of hydrogen-bond donors (Lipinski definition) is 2. The molecule has 0 atom stereocenters. The lowest BCUT2D eigenvalue weighted by Gasteiger charge is -2.05. The van der Waals surface area contributed by atoms with Gasteiger partial charge < -0.3 is 16.2 Å². The van der Waals surface area contributed by atoms with E-state index in [1.54, 1.807) is 18.2 Å². The first-order chi connectivity index (χ1) is 10.0. The molecule has 0 saturated carbocycles. The summed E-state index contributed by atoms with van der Waals surface area (Å²) in [6.07, 6.45) is 0. The Morgan fingerprint density at radius 3 is 2.52 bits per heavy atom. The van der Waals surface area contributed by atoms with Gasteiger partial charge in [0.1, 0.15) is 5.82 Å². The minimum atomic E-state index is -0.527. The Labute approximate surface area is 123 Å². The molecule has 0 bridgehead atoms. The molecule has 0 fully saturated rings. The Morgan fingerprint density at radius 2 is 1.86 bits per heavy atom. The maximum absolute atomic E-state index is 13.4. The summed E-state index contributed by atoms with van der Waals surface area (Å²) >= 11 is 1.04. The lowest BCUT2D eigenvalue weighted by Crippen LogP contribution is -2.12. The SMILES string of the molecule is Nc1nc(N)nc(COC(=O)CSc2ccccc2F)n1. The van der Waals surface area contributed by atoms with Crippen LogP contribution in [0.5, 0.6) is 0 Å². The fourth-order valence-electron chi connectivity index (χ4n) is 1.41. The third-order valence-corrected chi connectivity index (χ3v) is 3.28. The number of thioether (sulfide) groups is 1. The molecule has 4 N–H and O–H groups in total. The molecule has 0 aliphatic rings. The smallest absolute Gasteiger partial charge is 0.316 e. The van der Waals surface area contributed by atoms with Crippen LogP contribution in [0.1, 0.15) is 5.82 Å². The van der Waals surface area contributed by atoms with Crippen molar-refractivity contribution in [2.24, 2.45) is 0 Å². The summed E-state index contributed by atoms with van der Waals surface area (Å²) < 4.78 is 18.3. The highest BCUT2D eigenvalue weighted by Gasteiger charge is 2.09. The second-order valence-electron chi connectivity index (χ2n) is 3.85. The van der Waals surface area contributed by atoms with Gasteiger partial charge in [-0.2, -0.15) is 15.0 Å². The summed E-state index contributed by atoms with van der Waals surface area (Å²) in [5.74, 6) is -0.876. The predicted molar refractivity (Wildman–Crippen MR) is 75.6 cm³/mol. The van der Waals surface area contributed by atoms with E-state index < -0.39 is 5.97 Å². The van der Waals surface area contributed by atoms with Crippen molar-refractivity contribution in [3.05, 3.63) is 35.9 Å². The number of rotatable bonds is 5. The number of nitrogens with two attached hydrogens (primary N) is 2. The standard InChI is InChI=1S/C12H12FN5O2S/c13-7-3-1-2-4-8(7)21-6-10(19)20-5-9-16-11(14)18-12(15)17-9/h1-4H,5-6H2,(H4,14,15,16,17,18). The van der Waals surface area contributed by atoms with Crippen molar-refractivity contribution in [3.63, 3.8) is 0 Å². The van der Waals surface area contributed by atoms with Crippen molar-refractivity contribution in [3.8, 4) is 0 Å². The summed E-state index contributed by atoms with van der Waals surface area (Å²) in [5, 5.41) is 0. The van der Waals surface area contributed by atoms with Gasteiger partial charge in [0, 0.05) is 4.90 Å². The van der Waals surface area contributed by atoms with E-state index in [4.69, 9.17) is 16.2 Å². The zero-order valence-electron chi connectivity index (χ0n) is 10.8. The predicted octanol–water partition coefficient (Wildman–Crippen LogP) is 1.01. The van der Waals surface area contributed by atoms with Gasteiger partial charge in [0.05, 0.1) is 5.75 Å². The Hall–Kier alpha value is -2.42. The van der Waals surface area contributed by atoms with Crippen molar-refractivity contribution in [2.45, 2.75) is 11.5 Å².